The van der Waals surface area contributed by atoms with Crippen molar-refractivity contribution in [2.75, 3.05) is 7.05 Å². The maximum Gasteiger partial charge on any atom is 0.248 e. The van der Waals surface area contributed by atoms with Gasteiger partial charge in [-0.25, -0.2) is 13.9 Å². The zero-order valence-corrected chi connectivity index (χ0v) is 20.5. The number of carbonyl (C=O) groups is 1. The fraction of sp³-hybridized carbons (Fsp3) is 0.385. The Bertz CT molecular complexity index is 1360. The summed E-state index contributed by atoms with van der Waals surface area (Å²) in [5.41, 5.74) is 4.55. The lowest BCUT2D eigenvalue weighted by molar-refractivity contribution is -0.136. The van der Waals surface area contributed by atoms with E-state index in [1.54, 1.807) is 17.6 Å². The Morgan fingerprint density at radius 2 is 1.86 bits per heavy atom. The number of nitrogens with one attached hydrogen (secondary N) is 1. The van der Waals surface area contributed by atoms with Gasteiger partial charge >= 0.3 is 0 Å². The molecule has 35 heavy (non-hydrogen) atoms. The van der Waals surface area contributed by atoms with Crippen molar-refractivity contribution in [3.05, 3.63) is 65.9 Å². The molecule has 5 rings (SSSR count). The van der Waals surface area contributed by atoms with Gasteiger partial charge in [0.15, 0.2) is 0 Å². The third-order valence-electron chi connectivity index (χ3n) is 7.53. The SMILES string of the molecule is Cc1cc(COc2ccc(S(=O)(=O)N(C)C3C4CCC(C4)C3C(=O)NO)cc2)c2ccccc2n1. The number of sulfonamides is 1. The summed E-state index contributed by atoms with van der Waals surface area (Å²) in [6, 6.07) is 15.8. The molecular weight excluding hydrogens is 466 g/mol. The molecule has 2 fully saturated rings. The zero-order valence-electron chi connectivity index (χ0n) is 19.7. The van der Waals surface area contributed by atoms with Crippen LogP contribution in [0.3, 0.4) is 0 Å². The molecule has 2 aliphatic carbocycles. The van der Waals surface area contributed by atoms with Crippen LogP contribution in [0.25, 0.3) is 10.9 Å². The van der Waals surface area contributed by atoms with Crippen LogP contribution in [-0.2, 0) is 21.4 Å². The van der Waals surface area contributed by atoms with Crippen molar-refractivity contribution in [1.82, 2.24) is 14.8 Å². The third kappa shape index (κ3) is 4.28. The van der Waals surface area contributed by atoms with E-state index >= 15 is 0 Å². The zero-order chi connectivity index (χ0) is 24.7. The second kappa shape index (κ2) is 9.22. The maximum absolute atomic E-state index is 13.4. The highest BCUT2D eigenvalue weighted by Gasteiger charge is 2.54. The first-order chi connectivity index (χ1) is 16.8. The van der Waals surface area contributed by atoms with Gasteiger partial charge in [0, 0.05) is 29.7 Å². The fourth-order valence-electron chi connectivity index (χ4n) is 5.94. The molecule has 4 atom stereocenters. The molecule has 0 radical (unpaired) electrons. The second-order valence-corrected chi connectivity index (χ2v) is 11.5. The minimum absolute atomic E-state index is 0.0958. The standard InChI is InChI=1S/C26H29N3O5S/c1-16-13-19(22-5-3-4-6-23(22)27-16)15-34-20-9-11-21(12-10-20)35(32,33)29(2)25-18-8-7-17(14-18)24(25)26(30)28-31/h3-6,9-13,17-18,24-25,31H,7-8,14-15H2,1-2H3,(H,28,30). The number of aryl methyl sites for hydroxylation is 1. The van der Waals surface area contributed by atoms with Crippen LogP contribution < -0.4 is 10.2 Å². The summed E-state index contributed by atoms with van der Waals surface area (Å²) < 4.78 is 34.1. The predicted molar refractivity (Wildman–Crippen MR) is 130 cm³/mol. The Hall–Kier alpha value is -3.01. The second-order valence-electron chi connectivity index (χ2n) is 9.55. The van der Waals surface area contributed by atoms with Gasteiger partial charge < -0.3 is 4.74 Å². The molecule has 0 aliphatic heterocycles. The normalized spacial score (nSPS) is 23.7. The van der Waals surface area contributed by atoms with Crippen molar-refractivity contribution in [3.8, 4) is 5.75 Å². The van der Waals surface area contributed by atoms with Gasteiger partial charge in [-0.05, 0) is 74.4 Å². The van der Waals surface area contributed by atoms with E-state index in [9.17, 15) is 18.4 Å². The number of aromatic nitrogens is 1. The summed E-state index contributed by atoms with van der Waals surface area (Å²) >= 11 is 0. The van der Waals surface area contributed by atoms with E-state index in [-0.39, 0.29) is 16.7 Å². The first-order valence-electron chi connectivity index (χ1n) is 11.8. The minimum Gasteiger partial charge on any atom is -0.489 e. The largest absolute Gasteiger partial charge is 0.489 e. The molecule has 9 heteroatoms. The smallest absolute Gasteiger partial charge is 0.248 e. The monoisotopic (exact) mass is 495 g/mol. The van der Waals surface area contributed by atoms with E-state index in [4.69, 9.17) is 4.74 Å². The van der Waals surface area contributed by atoms with Crippen molar-refractivity contribution in [2.24, 2.45) is 17.8 Å². The highest BCUT2D eigenvalue weighted by atomic mass is 32.2. The molecule has 1 heterocycles. The van der Waals surface area contributed by atoms with Crippen LogP contribution in [0.1, 0.15) is 30.5 Å². The number of para-hydroxylation sites is 1. The van der Waals surface area contributed by atoms with E-state index in [0.717, 1.165) is 41.4 Å². The summed E-state index contributed by atoms with van der Waals surface area (Å²) in [6.45, 7) is 2.27. The summed E-state index contributed by atoms with van der Waals surface area (Å²) in [5, 5.41) is 10.2. The van der Waals surface area contributed by atoms with Crippen LogP contribution in [0.5, 0.6) is 5.75 Å². The molecule has 2 saturated carbocycles. The first kappa shape index (κ1) is 23.7. The molecule has 1 amide bonds. The topological polar surface area (TPSA) is 109 Å². The number of rotatable bonds is 7. The highest BCUT2D eigenvalue weighted by molar-refractivity contribution is 7.89. The van der Waals surface area contributed by atoms with Gasteiger partial charge in [-0.15, -0.1) is 0 Å². The van der Waals surface area contributed by atoms with Crippen molar-refractivity contribution < 1.29 is 23.2 Å². The number of hydrogen-bond donors (Lipinski definition) is 2. The number of nitrogens with zero attached hydrogens (tertiary/aromatic N) is 2. The van der Waals surface area contributed by atoms with Gasteiger partial charge in [-0.2, -0.15) is 4.31 Å². The molecule has 2 aliphatic rings. The molecule has 2 aromatic carbocycles. The predicted octanol–water partition coefficient (Wildman–Crippen LogP) is 3.66. The third-order valence-corrected chi connectivity index (χ3v) is 9.40. The van der Waals surface area contributed by atoms with Crippen LogP contribution in [-0.4, -0.2) is 41.9 Å². The van der Waals surface area contributed by atoms with E-state index in [1.165, 1.54) is 23.5 Å². The summed E-state index contributed by atoms with van der Waals surface area (Å²) in [7, 11) is -2.30. The van der Waals surface area contributed by atoms with Crippen LogP contribution >= 0.6 is 0 Å². The van der Waals surface area contributed by atoms with E-state index in [1.807, 2.05) is 37.3 Å². The highest BCUT2D eigenvalue weighted by Crippen LogP contribution is 2.51. The minimum atomic E-state index is -3.83. The summed E-state index contributed by atoms with van der Waals surface area (Å²) in [6.07, 6.45) is 2.57. The molecule has 2 bridgehead atoms. The molecule has 2 N–H and O–H groups in total. The van der Waals surface area contributed by atoms with Crippen molar-refractivity contribution in [2.45, 2.75) is 43.7 Å². The average Bonchev–Trinajstić information content (AvgIpc) is 3.48. The van der Waals surface area contributed by atoms with Gasteiger partial charge in [0.25, 0.3) is 0 Å². The van der Waals surface area contributed by atoms with Gasteiger partial charge in [0.05, 0.1) is 16.3 Å². The Kier molecular flexibility index (Phi) is 6.25. The molecule has 1 aromatic heterocycles. The Balaban J connectivity index is 1.33. The van der Waals surface area contributed by atoms with Gasteiger partial charge in [0.2, 0.25) is 15.9 Å². The summed E-state index contributed by atoms with van der Waals surface area (Å²) in [5.74, 6) is -0.281. The van der Waals surface area contributed by atoms with Crippen LogP contribution in [0.4, 0.5) is 0 Å². The Labute approximate surface area is 204 Å². The fourth-order valence-corrected chi connectivity index (χ4v) is 7.37. The number of pyridine rings is 1. The molecular formula is C26H29N3O5S. The number of hydroxylamine groups is 1. The number of amides is 1. The van der Waals surface area contributed by atoms with Crippen LogP contribution in [0.15, 0.2) is 59.5 Å². The van der Waals surface area contributed by atoms with Crippen molar-refractivity contribution in [3.63, 3.8) is 0 Å². The Morgan fingerprint density at radius 3 is 2.60 bits per heavy atom. The average molecular weight is 496 g/mol. The lowest BCUT2D eigenvalue weighted by atomic mass is 9.84. The van der Waals surface area contributed by atoms with E-state index in [2.05, 4.69) is 4.98 Å². The lowest BCUT2D eigenvalue weighted by Crippen LogP contribution is -2.50. The van der Waals surface area contributed by atoms with Crippen molar-refractivity contribution >= 4 is 26.8 Å². The molecule has 0 saturated heterocycles. The van der Waals surface area contributed by atoms with Crippen molar-refractivity contribution in [1.29, 1.82) is 0 Å². The maximum atomic E-state index is 13.4. The number of carbonyl (C=O) groups excluding carboxylic acids is 1. The quantitative estimate of drug-likeness (QED) is 0.383. The molecule has 4 unspecified atom stereocenters. The lowest BCUT2D eigenvalue weighted by Gasteiger charge is -2.35. The Morgan fingerprint density at radius 1 is 1.14 bits per heavy atom. The van der Waals surface area contributed by atoms with Crippen LogP contribution in [0, 0.1) is 24.7 Å². The summed E-state index contributed by atoms with van der Waals surface area (Å²) in [4.78, 5) is 17.0. The van der Waals surface area contributed by atoms with Crippen LogP contribution in [0.2, 0.25) is 0 Å². The first-order valence-corrected chi connectivity index (χ1v) is 13.2. The number of benzene rings is 2. The van der Waals surface area contributed by atoms with E-state index in [0.29, 0.717) is 12.4 Å². The van der Waals surface area contributed by atoms with E-state index < -0.39 is 27.9 Å². The molecule has 8 nitrogen and oxygen atoms in total. The number of ether oxygens (including phenoxy) is 1. The molecule has 0 spiro atoms. The molecule has 184 valence electrons. The number of hydrogen-bond acceptors (Lipinski definition) is 6. The molecule has 3 aromatic rings. The van der Waals surface area contributed by atoms with Gasteiger partial charge in [-0.1, -0.05) is 18.2 Å². The number of fused-ring (bicyclic) bond motifs is 3. The van der Waals surface area contributed by atoms with Gasteiger partial charge in [-0.3, -0.25) is 15.0 Å². The van der Waals surface area contributed by atoms with Gasteiger partial charge in [0.1, 0.15) is 12.4 Å².